The molecule has 1 aliphatic rings. The third-order valence-electron chi connectivity index (χ3n) is 4.73. The molecule has 6 nitrogen and oxygen atoms in total. The molecule has 0 radical (unpaired) electrons. The van der Waals surface area contributed by atoms with Crippen LogP contribution in [0, 0.1) is 0 Å². The van der Waals surface area contributed by atoms with E-state index in [-0.39, 0.29) is 0 Å². The number of benzene rings is 3. The molecule has 138 valence electrons. The van der Waals surface area contributed by atoms with E-state index in [1.54, 1.807) is 0 Å². The molecule has 0 saturated carbocycles. The van der Waals surface area contributed by atoms with Gasteiger partial charge in [0, 0.05) is 34.1 Å². The molecule has 6 N–H and O–H groups in total. The summed E-state index contributed by atoms with van der Waals surface area (Å²) in [5.74, 6) is 0. The second-order valence-electron chi connectivity index (χ2n) is 6.83. The van der Waals surface area contributed by atoms with Crippen molar-refractivity contribution in [2.75, 3.05) is 51.9 Å². The molecule has 0 bridgehead atoms. The molecule has 3 aromatic rings. The van der Waals surface area contributed by atoms with Crippen LogP contribution in [0.3, 0.4) is 0 Å². The van der Waals surface area contributed by atoms with Crippen LogP contribution >= 0.6 is 0 Å². The van der Waals surface area contributed by atoms with Crippen LogP contribution in [-0.4, -0.2) is 20.0 Å². The van der Waals surface area contributed by atoms with Crippen LogP contribution in [0.1, 0.15) is 0 Å². The summed E-state index contributed by atoms with van der Waals surface area (Å²) in [7, 11) is 0. The van der Waals surface area contributed by atoms with Crippen molar-refractivity contribution in [2.45, 2.75) is 0 Å². The minimum absolute atomic E-state index is 0.742. The van der Waals surface area contributed by atoms with Gasteiger partial charge in [0.25, 0.3) is 0 Å². The summed E-state index contributed by atoms with van der Waals surface area (Å²) in [5.41, 5.74) is 23.5. The van der Waals surface area contributed by atoms with E-state index in [2.05, 4.69) is 32.9 Å². The van der Waals surface area contributed by atoms with E-state index >= 15 is 0 Å². The average Bonchev–Trinajstić information content (AvgIpc) is 2.68. The van der Waals surface area contributed by atoms with Gasteiger partial charge in [0.1, 0.15) is 0 Å². The van der Waals surface area contributed by atoms with Crippen molar-refractivity contribution in [1.29, 1.82) is 0 Å². The number of nitrogen functional groups attached to an aromatic ring is 3. The van der Waals surface area contributed by atoms with Gasteiger partial charge < -0.3 is 31.9 Å². The number of rotatable bonds is 3. The Bertz CT molecular complexity index is 813. The minimum atomic E-state index is 0.742. The van der Waals surface area contributed by atoms with Gasteiger partial charge in [-0.15, -0.1) is 0 Å². The van der Waals surface area contributed by atoms with E-state index in [0.29, 0.717) is 0 Å². The number of nitrogens with zero attached hydrogens (tertiary/aromatic N) is 3. The van der Waals surface area contributed by atoms with Gasteiger partial charge in [-0.05, 0) is 54.6 Å². The predicted octanol–water partition coefficient (Wildman–Crippen LogP) is 3.14. The first-order valence-electron chi connectivity index (χ1n) is 8.90. The molecule has 0 unspecified atom stereocenters. The molecule has 3 aromatic carbocycles. The van der Waals surface area contributed by atoms with Gasteiger partial charge in [0.15, 0.2) is 0 Å². The normalized spacial score (nSPS) is 14.4. The standard InChI is InChI=1S/C21H24N6/c22-16-4-1-7-19(10-16)25-13-26(20-8-2-5-17(23)11-20)15-27(14-25)21-9-3-6-18(24)12-21/h1-12H,13-15,22-24H2. The van der Waals surface area contributed by atoms with Gasteiger partial charge in [-0.1, -0.05) is 18.2 Å². The minimum Gasteiger partial charge on any atom is -0.399 e. The first-order valence-corrected chi connectivity index (χ1v) is 8.90. The molecule has 0 spiro atoms. The van der Waals surface area contributed by atoms with Crippen LogP contribution in [0.25, 0.3) is 0 Å². The Hall–Kier alpha value is -3.54. The summed E-state index contributed by atoms with van der Waals surface area (Å²) in [6, 6.07) is 23.9. The molecule has 0 aromatic heterocycles. The highest BCUT2D eigenvalue weighted by atomic mass is 15.5. The quantitative estimate of drug-likeness (QED) is 0.622. The summed E-state index contributed by atoms with van der Waals surface area (Å²) in [5, 5.41) is 0. The van der Waals surface area contributed by atoms with Crippen molar-refractivity contribution in [3.63, 3.8) is 0 Å². The summed E-state index contributed by atoms with van der Waals surface area (Å²) in [4.78, 5) is 6.85. The zero-order valence-corrected chi connectivity index (χ0v) is 15.1. The second kappa shape index (κ2) is 6.99. The van der Waals surface area contributed by atoms with Crippen LogP contribution in [0.2, 0.25) is 0 Å². The van der Waals surface area contributed by atoms with Crippen LogP contribution in [-0.2, 0) is 0 Å². The van der Waals surface area contributed by atoms with Crippen LogP contribution in [0.5, 0.6) is 0 Å². The van der Waals surface area contributed by atoms with Crippen molar-refractivity contribution in [1.82, 2.24) is 0 Å². The number of hydrogen-bond donors (Lipinski definition) is 3. The SMILES string of the molecule is Nc1cccc(N2CN(c3cccc(N)c3)CN(c3cccc(N)c3)C2)c1. The fraction of sp³-hybridized carbons (Fsp3) is 0.143. The van der Waals surface area contributed by atoms with Gasteiger partial charge in [-0.25, -0.2) is 0 Å². The summed E-state index contributed by atoms with van der Waals surface area (Å²) in [6.45, 7) is 2.23. The summed E-state index contributed by atoms with van der Waals surface area (Å²) >= 11 is 0. The molecule has 0 atom stereocenters. The lowest BCUT2D eigenvalue weighted by Crippen LogP contribution is -2.55. The summed E-state index contributed by atoms with van der Waals surface area (Å²) < 4.78 is 0. The Kier molecular flexibility index (Phi) is 4.38. The fourth-order valence-electron chi connectivity index (χ4n) is 3.41. The first kappa shape index (κ1) is 16.9. The van der Waals surface area contributed by atoms with Gasteiger partial charge in [-0.2, -0.15) is 0 Å². The van der Waals surface area contributed by atoms with Gasteiger partial charge >= 0.3 is 0 Å². The Balaban J connectivity index is 1.70. The zero-order valence-electron chi connectivity index (χ0n) is 15.1. The Morgan fingerprint density at radius 2 is 0.778 bits per heavy atom. The summed E-state index contributed by atoms with van der Waals surface area (Å²) in [6.07, 6.45) is 0. The molecule has 6 heteroatoms. The second-order valence-corrected chi connectivity index (χ2v) is 6.83. The molecule has 0 amide bonds. The molecule has 1 fully saturated rings. The number of anilines is 6. The maximum atomic E-state index is 6.01. The highest BCUT2D eigenvalue weighted by Crippen LogP contribution is 2.28. The molecule has 1 aliphatic heterocycles. The van der Waals surface area contributed by atoms with Crippen molar-refractivity contribution >= 4 is 34.1 Å². The lowest BCUT2D eigenvalue weighted by Gasteiger charge is -2.45. The molecular weight excluding hydrogens is 336 g/mol. The van der Waals surface area contributed by atoms with E-state index in [9.17, 15) is 0 Å². The largest absolute Gasteiger partial charge is 0.399 e. The molecule has 1 heterocycles. The van der Waals surface area contributed by atoms with Crippen LogP contribution < -0.4 is 31.9 Å². The molecular formula is C21H24N6. The van der Waals surface area contributed by atoms with E-state index in [4.69, 9.17) is 17.2 Å². The highest BCUT2D eigenvalue weighted by molar-refractivity contribution is 5.64. The maximum Gasteiger partial charge on any atom is 0.0937 e. The molecule has 4 rings (SSSR count). The van der Waals surface area contributed by atoms with E-state index in [1.165, 1.54) is 0 Å². The third-order valence-corrected chi connectivity index (χ3v) is 4.73. The third kappa shape index (κ3) is 3.69. The van der Waals surface area contributed by atoms with Crippen LogP contribution in [0.15, 0.2) is 72.8 Å². The first-order chi connectivity index (χ1) is 13.1. The van der Waals surface area contributed by atoms with Gasteiger partial charge in [0.2, 0.25) is 0 Å². The van der Waals surface area contributed by atoms with Crippen molar-refractivity contribution in [3.8, 4) is 0 Å². The highest BCUT2D eigenvalue weighted by Gasteiger charge is 2.24. The number of hydrogen-bond acceptors (Lipinski definition) is 6. The van der Waals surface area contributed by atoms with E-state index in [0.717, 1.165) is 54.1 Å². The predicted molar refractivity (Wildman–Crippen MR) is 115 cm³/mol. The topological polar surface area (TPSA) is 87.8 Å². The van der Waals surface area contributed by atoms with E-state index in [1.807, 2.05) is 54.6 Å². The van der Waals surface area contributed by atoms with Crippen molar-refractivity contribution < 1.29 is 0 Å². The van der Waals surface area contributed by atoms with Crippen molar-refractivity contribution in [3.05, 3.63) is 72.8 Å². The zero-order chi connectivity index (χ0) is 18.8. The Morgan fingerprint density at radius 3 is 1.04 bits per heavy atom. The lowest BCUT2D eigenvalue weighted by molar-refractivity contribution is 0.611. The van der Waals surface area contributed by atoms with Crippen LogP contribution in [0.4, 0.5) is 34.1 Å². The molecule has 27 heavy (non-hydrogen) atoms. The number of nitrogens with two attached hydrogens (primary N) is 3. The van der Waals surface area contributed by atoms with E-state index < -0.39 is 0 Å². The monoisotopic (exact) mass is 360 g/mol. The Morgan fingerprint density at radius 1 is 0.481 bits per heavy atom. The molecule has 0 aliphatic carbocycles. The Labute approximate surface area is 159 Å². The maximum absolute atomic E-state index is 6.01. The fourth-order valence-corrected chi connectivity index (χ4v) is 3.41. The lowest BCUT2D eigenvalue weighted by atomic mass is 10.2. The average molecular weight is 360 g/mol. The van der Waals surface area contributed by atoms with Gasteiger partial charge in [-0.3, -0.25) is 0 Å². The molecule has 1 saturated heterocycles. The van der Waals surface area contributed by atoms with Crippen molar-refractivity contribution in [2.24, 2.45) is 0 Å². The smallest absolute Gasteiger partial charge is 0.0937 e. The van der Waals surface area contributed by atoms with Gasteiger partial charge in [0.05, 0.1) is 20.0 Å².